The minimum atomic E-state index is 0.709. The zero-order chi connectivity index (χ0) is 25.3. The average Bonchev–Trinajstić information content (AvgIpc) is 2.87. The predicted octanol–water partition coefficient (Wildman–Crippen LogP) is 2.96. The van der Waals surface area contributed by atoms with E-state index in [-0.39, 0.29) is 0 Å². The van der Waals surface area contributed by atoms with E-state index in [2.05, 4.69) is 38.8 Å². The average molecular weight is 500 g/mol. The molecule has 0 aromatic rings. The highest BCUT2D eigenvalue weighted by Gasteiger charge is 1.95. The van der Waals surface area contributed by atoms with Gasteiger partial charge >= 0.3 is 0 Å². The summed E-state index contributed by atoms with van der Waals surface area (Å²) < 4.78 is 0. The van der Waals surface area contributed by atoms with Crippen LogP contribution in [0.4, 0.5) is 0 Å². The van der Waals surface area contributed by atoms with Crippen LogP contribution >= 0.6 is 0 Å². The number of nitrogens with two attached hydrogens (primary N) is 1. The van der Waals surface area contributed by atoms with Crippen molar-refractivity contribution < 1.29 is 0 Å². The first-order valence-corrected chi connectivity index (χ1v) is 15.4. The Morgan fingerprint density at radius 1 is 0.314 bits per heavy atom. The van der Waals surface area contributed by atoms with Crippen molar-refractivity contribution in [2.75, 3.05) is 85.1 Å². The highest BCUT2D eigenvalue weighted by molar-refractivity contribution is 4.59. The molecule has 0 rings (SSSR count). The molecule has 0 aliphatic rings. The standard InChI is InChI=1S/C28H65N7/c1-2-3-4-5-6-7-8-9-10-11-12-13-14-15-17-30-19-21-32-23-25-34-27-28-35-26-24-33-22-20-31-18-16-29/h30-35H,2-29H2,1H3. The van der Waals surface area contributed by atoms with Gasteiger partial charge in [0.25, 0.3) is 0 Å². The summed E-state index contributed by atoms with van der Waals surface area (Å²) in [7, 11) is 0. The zero-order valence-corrected chi connectivity index (χ0v) is 23.7. The Morgan fingerprint density at radius 2 is 0.571 bits per heavy atom. The molecule has 0 aromatic carbocycles. The number of hydrogen-bond acceptors (Lipinski definition) is 7. The smallest absolute Gasteiger partial charge is 0.00772 e. The van der Waals surface area contributed by atoms with Crippen molar-refractivity contribution in [3.63, 3.8) is 0 Å². The van der Waals surface area contributed by atoms with Crippen molar-refractivity contribution in [2.24, 2.45) is 5.73 Å². The lowest BCUT2D eigenvalue weighted by Crippen LogP contribution is -2.37. The molecule has 0 radical (unpaired) electrons. The molecule has 0 aromatic heterocycles. The summed E-state index contributed by atoms with van der Waals surface area (Å²) in [6.45, 7) is 15.3. The van der Waals surface area contributed by atoms with Gasteiger partial charge in [0.15, 0.2) is 0 Å². The van der Waals surface area contributed by atoms with Gasteiger partial charge < -0.3 is 37.6 Å². The van der Waals surface area contributed by atoms with E-state index in [1.54, 1.807) is 0 Å². The van der Waals surface area contributed by atoms with Crippen molar-refractivity contribution >= 4 is 0 Å². The Kier molecular flexibility index (Phi) is 33.5. The van der Waals surface area contributed by atoms with Crippen molar-refractivity contribution in [1.82, 2.24) is 31.9 Å². The quantitative estimate of drug-likeness (QED) is 0.0715. The monoisotopic (exact) mass is 500 g/mol. The molecule has 0 spiro atoms. The summed E-state index contributed by atoms with van der Waals surface area (Å²) in [5, 5.41) is 20.7. The fourth-order valence-electron chi connectivity index (χ4n) is 4.18. The van der Waals surface area contributed by atoms with Crippen LogP contribution in [-0.4, -0.2) is 85.1 Å². The molecule has 0 amide bonds. The summed E-state index contributed by atoms with van der Waals surface area (Å²) in [5.74, 6) is 0. The highest BCUT2D eigenvalue weighted by atomic mass is 15.0. The third-order valence-electron chi connectivity index (χ3n) is 6.42. The van der Waals surface area contributed by atoms with Gasteiger partial charge in [-0.05, 0) is 13.0 Å². The molecule has 8 N–H and O–H groups in total. The molecule has 0 heterocycles. The Balaban J connectivity index is 3.00. The first-order valence-electron chi connectivity index (χ1n) is 15.4. The van der Waals surface area contributed by atoms with Crippen LogP contribution in [0.5, 0.6) is 0 Å². The second-order valence-corrected chi connectivity index (χ2v) is 9.88. The van der Waals surface area contributed by atoms with Gasteiger partial charge in [-0.3, -0.25) is 0 Å². The molecular weight excluding hydrogens is 434 g/mol. The number of rotatable bonds is 32. The van der Waals surface area contributed by atoms with Gasteiger partial charge in [0.2, 0.25) is 0 Å². The van der Waals surface area contributed by atoms with Crippen molar-refractivity contribution in [3.05, 3.63) is 0 Å². The molecule has 0 aliphatic heterocycles. The normalized spacial score (nSPS) is 11.5. The van der Waals surface area contributed by atoms with E-state index in [1.165, 1.54) is 96.4 Å². The van der Waals surface area contributed by atoms with Crippen LogP contribution in [0.1, 0.15) is 96.8 Å². The topological polar surface area (TPSA) is 98.2 Å². The van der Waals surface area contributed by atoms with Crippen molar-refractivity contribution in [3.8, 4) is 0 Å². The molecule has 0 atom stereocenters. The Morgan fingerprint density at radius 3 is 0.886 bits per heavy atom. The summed E-state index contributed by atoms with van der Waals surface area (Å²) in [6.07, 6.45) is 20.0. The van der Waals surface area contributed by atoms with Crippen LogP contribution in [0.3, 0.4) is 0 Å². The van der Waals surface area contributed by atoms with Crippen LogP contribution in [-0.2, 0) is 0 Å². The second-order valence-electron chi connectivity index (χ2n) is 9.88. The first kappa shape index (κ1) is 34.7. The number of unbranched alkanes of at least 4 members (excludes halogenated alkanes) is 13. The highest BCUT2D eigenvalue weighted by Crippen LogP contribution is 2.12. The third-order valence-corrected chi connectivity index (χ3v) is 6.42. The summed E-state index contributed by atoms with van der Waals surface area (Å²) in [6, 6.07) is 0. The van der Waals surface area contributed by atoms with E-state index in [4.69, 9.17) is 5.73 Å². The summed E-state index contributed by atoms with van der Waals surface area (Å²) in [5.41, 5.74) is 5.44. The fraction of sp³-hybridized carbons (Fsp3) is 1.00. The largest absolute Gasteiger partial charge is 0.329 e. The van der Waals surface area contributed by atoms with Gasteiger partial charge in [0, 0.05) is 78.5 Å². The summed E-state index contributed by atoms with van der Waals surface area (Å²) >= 11 is 0. The van der Waals surface area contributed by atoms with E-state index in [1.807, 2.05) is 0 Å². The van der Waals surface area contributed by atoms with Gasteiger partial charge in [-0.1, -0.05) is 90.4 Å². The molecule has 0 saturated heterocycles. The minimum absolute atomic E-state index is 0.709. The van der Waals surface area contributed by atoms with Gasteiger partial charge in [-0.25, -0.2) is 0 Å². The van der Waals surface area contributed by atoms with E-state index in [0.29, 0.717) is 6.54 Å². The summed E-state index contributed by atoms with van der Waals surface area (Å²) in [4.78, 5) is 0. The molecule has 7 heteroatoms. The fourth-order valence-corrected chi connectivity index (χ4v) is 4.18. The van der Waals surface area contributed by atoms with Crippen molar-refractivity contribution in [1.29, 1.82) is 0 Å². The van der Waals surface area contributed by atoms with Crippen LogP contribution in [0.15, 0.2) is 0 Å². The Hall–Kier alpha value is -0.280. The van der Waals surface area contributed by atoms with Crippen LogP contribution in [0.25, 0.3) is 0 Å². The molecule has 0 saturated carbocycles. The maximum atomic E-state index is 5.44. The van der Waals surface area contributed by atoms with Gasteiger partial charge in [-0.15, -0.1) is 0 Å². The minimum Gasteiger partial charge on any atom is -0.329 e. The number of nitrogens with one attached hydrogen (secondary N) is 6. The first-order chi connectivity index (χ1) is 17.4. The zero-order valence-electron chi connectivity index (χ0n) is 23.7. The molecule has 0 bridgehead atoms. The van der Waals surface area contributed by atoms with E-state index in [9.17, 15) is 0 Å². The van der Waals surface area contributed by atoms with Gasteiger partial charge in [0.05, 0.1) is 0 Å². The molecule has 0 unspecified atom stereocenters. The van der Waals surface area contributed by atoms with E-state index < -0.39 is 0 Å². The van der Waals surface area contributed by atoms with Crippen molar-refractivity contribution in [2.45, 2.75) is 96.8 Å². The predicted molar refractivity (Wildman–Crippen MR) is 157 cm³/mol. The van der Waals surface area contributed by atoms with Crippen LogP contribution in [0, 0.1) is 0 Å². The molecule has 212 valence electrons. The van der Waals surface area contributed by atoms with Crippen LogP contribution < -0.4 is 37.6 Å². The SMILES string of the molecule is CCCCCCCCCCCCCCCCNCCNCCNCCNCCNCCNCCN. The van der Waals surface area contributed by atoms with E-state index >= 15 is 0 Å². The second kappa shape index (κ2) is 33.7. The lowest BCUT2D eigenvalue weighted by molar-refractivity contribution is 0.525. The Bertz CT molecular complexity index is 326. The van der Waals surface area contributed by atoms with Crippen LogP contribution in [0.2, 0.25) is 0 Å². The molecular formula is C28H65N7. The lowest BCUT2D eigenvalue weighted by Gasteiger charge is -2.09. The molecule has 0 aliphatic carbocycles. The molecule has 0 fully saturated rings. The lowest BCUT2D eigenvalue weighted by atomic mass is 10.0. The maximum Gasteiger partial charge on any atom is 0.00772 e. The van der Waals surface area contributed by atoms with E-state index in [0.717, 1.165) is 72.0 Å². The third kappa shape index (κ3) is 33.7. The molecule has 35 heavy (non-hydrogen) atoms. The molecule has 7 nitrogen and oxygen atoms in total. The maximum absolute atomic E-state index is 5.44. The number of hydrogen-bond donors (Lipinski definition) is 7. The Labute approximate surface area is 219 Å². The van der Waals surface area contributed by atoms with Gasteiger partial charge in [0.1, 0.15) is 0 Å². The van der Waals surface area contributed by atoms with Gasteiger partial charge in [-0.2, -0.15) is 0 Å².